The van der Waals surface area contributed by atoms with E-state index in [9.17, 15) is 22.1 Å². The summed E-state index contributed by atoms with van der Waals surface area (Å²) in [6.07, 6.45) is -3.76. The van der Waals surface area contributed by atoms with Gasteiger partial charge in [-0.1, -0.05) is 0 Å². The van der Waals surface area contributed by atoms with Gasteiger partial charge in [-0.05, 0) is 42.8 Å². The highest BCUT2D eigenvalue weighted by Crippen LogP contribution is 2.35. The Bertz CT molecular complexity index is 478. The van der Waals surface area contributed by atoms with E-state index in [0.717, 1.165) is 12.3 Å². The van der Waals surface area contributed by atoms with Crippen LogP contribution in [0, 0.1) is 5.82 Å². The standard InChI is InChI=1S/C11H13BrF4N2OS/c1-10(2,3)20(19)18-9(11(14,15)16)8-7(13)4-6(12)5-17-8/h4-5,9,18H,1-3H3/t9-,20+/m0/s1. The summed E-state index contributed by atoms with van der Waals surface area (Å²) in [4.78, 5) is 3.44. The average Bonchev–Trinajstić information content (AvgIpc) is 2.23. The lowest BCUT2D eigenvalue weighted by Crippen LogP contribution is -2.46. The van der Waals surface area contributed by atoms with E-state index in [-0.39, 0.29) is 4.47 Å². The molecule has 2 atom stereocenters. The molecule has 0 fully saturated rings. The molecular weight excluding hydrogens is 364 g/mol. The summed E-state index contributed by atoms with van der Waals surface area (Å²) in [7, 11) is 0. The van der Waals surface area contributed by atoms with Crippen LogP contribution in [0.25, 0.3) is 0 Å². The van der Waals surface area contributed by atoms with E-state index in [0.29, 0.717) is 0 Å². The van der Waals surface area contributed by atoms with Gasteiger partial charge in [0.25, 0.3) is 0 Å². The van der Waals surface area contributed by atoms with E-state index in [1.807, 2.05) is 4.72 Å². The van der Waals surface area contributed by atoms with Crippen LogP contribution in [0.4, 0.5) is 17.6 Å². The van der Waals surface area contributed by atoms with Crippen LogP contribution < -0.4 is 4.72 Å². The van der Waals surface area contributed by atoms with Crippen molar-refractivity contribution in [3.05, 3.63) is 28.2 Å². The molecule has 3 nitrogen and oxygen atoms in total. The lowest BCUT2D eigenvalue weighted by Gasteiger charge is -2.28. The molecule has 9 heteroatoms. The van der Waals surface area contributed by atoms with Gasteiger partial charge in [-0.15, -0.1) is 4.72 Å². The maximum absolute atomic E-state index is 13.6. The minimum absolute atomic E-state index is 0.219. The molecule has 0 aliphatic rings. The summed E-state index contributed by atoms with van der Waals surface area (Å²) < 4.78 is 65.7. The number of pyridine rings is 1. The number of halogens is 5. The Morgan fingerprint density at radius 1 is 1.35 bits per heavy atom. The summed E-state index contributed by atoms with van der Waals surface area (Å²) in [5.41, 5.74) is -0.835. The van der Waals surface area contributed by atoms with Crippen LogP contribution in [-0.2, 0) is 11.4 Å². The summed E-state index contributed by atoms with van der Waals surface area (Å²) >= 11 is 0.898. The molecule has 1 aromatic rings. The van der Waals surface area contributed by atoms with Crippen LogP contribution in [0.5, 0.6) is 0 Å². The minimum Gasteiger partial charge on any atom is -0.598 e. The summed E-state index contributed by atoms with van der Waals surface area (Å²) in [5.74, 6) is -1.12. The molecule has 0 aromatic carbocycles. The minimum atomic E-state index is -4.82. The maximum atomic E-state index is 13.6. The molecule has 0 saturated heterocycles. The predicted molar refractivity (Wildman–Crippen MR) is 71.7 cm³/mol. The fraction of sp³-hybridized carbons (Fsp3) is 0.545. The summed E-state index contributed by atoms with van der Waals surface area (Å²) in [6, 6.07) is -1.56. The molecule has 0 bridgehead atoms. The van der Waals surface area contributed by atoms with E-state index >= 15 is 0 Å². The van der Waals surface area contributed by atoms with Crippen molar-refractivity contribution in [1.29, 1.82) is 0 Å². The van der Waals surface area contributed by atoms with Crippen molar-refractivity contribution < 1.29 is 22.1 Å². The third-order valence-electron chi connectivity index (χ3n) is 2.22. The molecule has 20 heavy (non-hydrogen) atoms. The van der Waals surface area contributed by atoms with Gasteiger partial charge >= 0.3 is 6.18 Å². The fourth-order valence-electron chi connectivity index (χ4n) is 1.20. The fourth-order valence-corrected chi connectivity index (χ4v) is 2.32. The van der Waals surface area contributed by atoms with Crippen molar-refractivity contribution in [2.45, 2.75) is 37.7 Å². The first-order valence-corrected chi connectivity index (χ1v) is 7.43. The molecular formula is C11H13BrF4N2OS. The third-order valence-corrected chi connectivity index (χ3v) is 4.21. The molecule has 1 rings (SSSR count). The third kappa shape index (κ3) is 4.57. The Hall–Kier alpha value is -0.380. The highest BCUT2D eigenvalue weighted by atomic mass is 79.9. The molecule has 1 heterocycles. The number of hydrogen-bond acceptors (Lipinski definition) is 3. The first kappa shape index (κ1) is 17.7. The second-order valence-electron chi connectivity index (χ2n) is 4.99. The largest absolute Gasteiger partial charge is 0.598 e. The van der Waals surface area contributed by atoms with Gasteiger partial charge in [-0.2, -0.15) is 13.2 Å². The molecule has 0 spiro atoms. The summed E-state index contributed by atoms with van der Waals surface area (Å²) in [6.45, 7) is 4.53. The van der Waals surface area contributed by atoms with Crippen LogP contribution in [0.15, 0.2) is 16.7 Å². The normalized spacial score (nSPS) is 16.1. The topological polar surface area (TPSA) is 48.0 Å². The van der Waals surface area contributed by atoms with Crippen molar-refractivity contribution >= 4 is 27.3 Å². The van der Waals surface area contributed by atoms with E-state index in [1.165, 1.54) is 20.8 Å². The van der Waals surface area contributed by atoms with Crippen LogP contribution >= 0.6 is 15.9 Å². The molecule has 0 aliphatic carbocycles. The van der Waals surface area contributed by atoms with Crippen molar-refractivity contribution in [1.82, 2.24) is 9.71 Å². The smallest absolute Gasteiger partial charge is 0.413 e. The number of nitrogens with one attached hydrogen (secondary N) is 1. The van der Waals surface area contributed by atoms with E-state index in [4.69, 9.17) is 0 Å². The SMILES string of the molecule is CC(C)(C)[S@@+]([O-])N[C@@H](c1ncc(Br)cc1F)C(F)(F)F. The van der Waals surface area contributed by atoms with Crippen molar-refractivity contribution in [2.75, 3.05) is 0 Å². The Kier molecular flexibility index (Phi) is 5.45. The zero-order valence-electron chi connectivity index (χ0n) is 10.9. The van der Waals surface area contributed by atoms with Gasteiger partial charge in [0.15, 0.2) is 6.04 Å². The van der Waals surface area contributed by atoms with Gasteiger partial charge in [-0.25, -0.2) is 4.39 Å². The quantitative estimate of drug-likeness (QED) is 0.647. The second kappa shape index (κ2) is 6.17. The van der Waals surface area contributed by atoms with Crippen molar-refractivity contribution in [3.63, 3.8) is 0 Å². The van der Waals surface area contributed by atoms with Gasteiger partial charge in [0, 0.05) is 22.0 Å². The monoisotopic (exact) mass is 376 g/mol. The number of rotatable bonds is 3. The number of alkyl halides is 3. The van der Waals surface area contributed by atoms with Crippen LogP contribution in [0.2, 0.25) is 0 Å². The van der Waals surface area contributed by atoms with Gasteiger partial charge in [0.1, 0.15) is 16.3 Å². The second-order valence-corrected chi connectivity index (χ2v) is 7.91. The van der Waals surface area contributed by atoms with Crippen LogP contribution in [0.1, 0.15) is 32.5 Å². The highest BCUT2D eigenvalue weighted by Gasteiger charge is 2.47. The molecule has 0 aliphatic heterocycles. The molecule has 1 N–H and O–H groups in total. The summed E-state index contributed by atoms with van der Waals surface area (Å²) in [5, 5.41) is 0. The first-order chi connectivity index (χ1) is 8.93. The predicted octanol–water partition coefficient (Wildman–Crippen LogP) is 3.64. The number of nitrogens with zero attached hydrogens (tertiary/aromatic N) is 1. The Labute approximate surface area is 125 Å². The first-order valence-electron chi connectivity index (χ1n) is 5.48. The zero-order valence-corrected chi connectivity index (χ0v) is 13.3. The van der Waals surface area contributed by atoms with Crippen LogP contribution in [0.3, 0.4) is 0 Å². The molecule has 0 amide bonds. The molecule has 0 saturated carbocycles. The van der Waals surface area contributed by atoms with Gasteiger partial charge in [-0.3, -0.25) is 4.98 Å². The molecule has 0 radical (unpaired) electrons. The molecule has 0 unspecified atom stereocenters. The van der Waals surface area contributed by atoms with E-state index in [2.05, 4.69) is 20.9 Å². The molecule has 1 aromatic heterocycles. The maximum Gasteiger partial charge on any atom is 0.413 e. The van der Waals surface area contributed by atoms with Crippen LogP contribution in [-0.4, -0.2) is 20.5 Å². The average molecular weight is 377 g/mol. The number of hydrogen-bond donors (Lipinski definition) is 1. The Morgan fingerprint density at radius 3 is 2.30 bits per heavy atom. The van der Waals surface area contributed by atoms with E-state index < -0.39 is 39.8 Å². The van der Waals surface area contributed by atoms with Gasteiger partial charge in [0.05, 0.1) is 0 Å². The van der Waals surface area contributed by atoms with Crippen molar-refractivity contribution in [2.24, 2.45) is 0 Å². The Balaban J connectivity index is 3.14. The molecule has 114 valence electrons. The lowest BCUT2D eigenvalue weighted by molar-refractivity contribution is -0.154. The Morgan fingerprint density at radius 2 is 1.90 bits per heavy atom. The number of aromatic nitrogens is 1. The zero-order chi connectivity index (χ0) is 15.7. The van der Waals surface area contributed by atoms with Gasteiger partial charge in [0.2, 0.25) is 0 Å². The van der Waals surface area contributed by atoms with E-state index in [1.54, 1.807) is 0 Å². The van der Waals surface area contributed by atoms with Gasteiger partial charge < -0.3 is 4.55 Å². The highest BCUT2D eigenvalue weighted by molar-refractivity contribution is 9.10. The van der Waals surface area contributed by atoms with Crippen molar-refractivity contribution in [3.8, 4) is 0 Å². The lowest BCUT2D eigenvalue weighted by atomic mass is 10.2.